The molecule has 0 aromatic carbocycles. The number of nitrogens with zero attached hydrogens (tertiary/aromatic N) is 2. The van der Waals surface area contributed by atoms with E-state index in [2.05, 4.69) is 16.8 Å². The Bertz CT molecular complexity index is 347. The van der Waals surface area contributed by atoms with Gasteiger partial charge in [-0.05, 0) is 32.0 Å². The lowest BCUT2D eigenvalue weighted by molar-refractivity contribution is 0.0352. The van der Waals surface area contributed by atoms with E-state index in [0.29, 0.717) is 13.1 Å². The molecule has 0 unspecified atom stereocenters. The van der Waals surface area contributed by atoms with Crippen molar-refractivity contribution >= 4 is 0 Å². The van der Waals surface area contributed by atoms with Crippen LogP contribution in [0.3, 0.4) is 0 Å². The smallest absolute Gasteiger partial charge is 0.0718 e. The molecule has 0 fully saturated rings. The van der Waals surface area contributed by atoms with E-state index < -0.39 is 5.60 Å². The monoisotopic (exact) mass is 237 g/mol. The number of pyridine rings is 1. The van der Waals surface area contributed by atoms with E-state index in [1.165, 1.54) is 0 Å². The van der Waals surface area contributed by atoms with Crippen LogP contribution in [0.5, 0.6) is 0 Å². The molecule has 0 saturated heterocycles. The van der Waals surface area contributed by atoms with Crippen molar-refractivity contribution in [2.24, 2.45) is 5.73 Å². The molecule has 4 nitrogen and oxygen atoms in total. The lowest BCUT2D eigenvalue weighted by Crippen LogP contribution is -2.38. The van der Waals surface area contributed by atoms with Gasteiger partial charge >= 0.3 is 0 Å². The lowest BCUT2D eigenvalue weighted by atomic mass is 10.1. The standard InChI is InChI=1S/C13H23N3O/c1-4-16(10-13(2,3)17)9-11-6-5-7-15-12(11)8-14/h5-7,17H,4,8-10,14H2,1-3H3. The van der Waals surface area contributed by atoms with E-state index in [4.69, 9.17) is 5.73 Å². The molecule has 0 atom stereocenters. The van der Waals surface area contributed by atoms with Crippen molar-refractivity contribution in [1.29, 1.82) is 0 Å². The zero-order chi connectivity index (χ0) is 12.9. The molecule has 4 heteroatoms. The first-order chi connectivity index (χ1) is 7.96. The summed E-state index contributed by atoms with van der Waals surface area (Å²) in [6.45, 7) is 8.50. The molecular weight excluding hydrogens is 214 g/mol. The summed E-state index contributed by atoms with van der Waals surface area (Å²) in [4.78, 5) is 6.46. The van der Waals surface area contributed by atoms with Gasteiger partial charge in [0.1, 0.15) is 0 Å². The maximum Gasteiger partial charge on any atom is 0.0718 e. The van der Waals surface area contributed by atoms with E-state index in [1.807, 2.05) is 26.0 Å². The summed E-state index contributed by atoms with van der Waals surface area (Å²) in [6.07, 6.45) is 1.76. The second kappa shape index (κ2) is 6.10. The average Bonchev–Trinajstić information content (AvgIpc) is 2.27. The number of nitrogens with two attached hydrogens (primary N) is 1. The molecule has 0 bridgehead atoms. The molecule has 0 aliphatic heterocycles. The van der Waals surface area contributed by atoms with E-state index in [9.17, 15) is 5.11 Å². The zero-order valence-electron chi connectivity index (χ0n) is 11.0. The predicted molar refractivity (Wildman–Crippen MR) is 69.4 cm³/mol. The van der Waals surface area contributed by atoms with Crippen LogP contribution in [0.1, 0.15) is 32.0 Å². The number of aliphatic hydroxyl groups is 1. The Morgan fingerprint density at radius 3 is 2.71 bits per heavy atom. The second-order valence-electron chi connectivity index (χ2n) is 4.93. The van der Waals surface area contributed by atoms with Crippen LogP contribution in [-0.4, -0.2) is 33.7 Å². The topological polar surface area (TPSA) is 62.4 Å². The summed E-state index contributed by atoms with van der Waals surface area (Å²) < 4.78 is 0. The molecule has 0 aliphatic carbocycles. The van der Waals surface area contributed by atoms with Crippen LogP contribution in [0.2, 0.25) is 0 Å². The van der Waals surface area contributed by atoms with Gasteiger partial charge in [-0.15, -0.1) is 0 Å². The Labute approximate surface area is 103 Å². The van der Waals surface area contributed by atoms with Gasteiger partial charge in [-0.1, -0.05) is 13.0 Å². The maximum absolute atomic E-state index is 9.84. The van der Waals surface area contributed by atoms with Crippen molar-refractivity contribution in [3.63, 3.8) is 0 Å². The van der Waals surface area contributed by atoms with Crippen LogP contribution in [0.25, 0.3) is 0 Å². The third-order valence-corrected chi connectivity index (χ3v) is 2.63. The highest BCUT2D eigenvalue weighted by atomic mass is 16.3. The van der Waals surface area contributed by atoms with E-state index in [1.54, 1.807) is 6.20 Å². The van der Waals surface area contributed by atoms with Crippen molar-refractivity contribution in [3.8, 4) is 0 Å². The van der Waals surface area contributed by atoms with Gasteiger partial charge in [-0.25, -0.2) is 0 Å². The predicted octanol–water partition coefficient (Wildman–Crippen LogP) is 1.13. The minimum absolute atomic E-state index is 0.455. The Morgan fingerprint density at radius 2 is 2.18 bits per heavy atom. The molecule has 1 heterocycles. The van der Waals surface area contributed by atoms with Crippen molar-refractivity contribution in [3.05, 3.63) is 29.6 Å². The van der Waals surface area contributed by atoms with Gasteiger partial charge < -0.3 is 10.8 Å². The summed E-state index contributed by atoms with van der Waals surface area (Å²) in [5.41, 5.74) is 7.06. The Balaban J connectivity index is 2.73. The third kappa shape index (κ3) is 4.81. The minimum Gasteiger partial charge on any atom is -0.389 e. The van der Waals surface area contributed by atoms with Crippen molar-refractivity contribution in [1.82, 2.24) is 9.88 Å². The maximum atomic E-state index is 9.84. The van der Waals surface area contributed by atoms with Crippen molar-refractivity contribution in [2.45, 2.75) is 39.5 Å². The highest BCUT2D eigenvalue weighted by molar-refractivity contribution is 5.19. The number of hydrogen-bond donors (Lipinski definition) is 2. The lowest BCUT2D eigenvalue weighted by Gasteiger charge is -2.28. The van der Waals surface area contributed by atoms with Gasteiger partial charge in [0.05, 0.1) is 11.3 Å². The largest absolute Gasteiger partial charge is 0.389 e. The summed E-state index contributed by atoms with van der Waals surface area (Å²) >= 11 is 0. The Morgan fingerprint density at radius 1 is 1.47 bits per heavy atom. The first-order valence-electron chi connectivity index (χ1n) is 6.04. The quantitative estimate of drug-likeness (QED) is 0.778. The fraction of sp³-hybridized carbons (Fsp3) is 0.615. The molecule has 0 amide bonds. The average molecular weight is 237 g/mol. The van der Waals surface area contributed by atoms with E-state index in [0.717, 1.165) is 24.3 Å². The van der Waals surface area contributed by atoms with E-state index >= 15 is 0 Å². The van der Waals surface area contributed by atoms with Gasteiger partial charge in [0.15, 0.2) is 0 Å². The molecule has 1 aromatic heterocycles. The molecule has 3 N–H and O–H groups in total. The summed E-state index contributed by atoms with van der Waals surface area (Å²) in [6, 6.07) is 3.97. The van der Waals surface area contributed by atoms with Crippen molar-refractivity contribution in [2.75, 3.05) is 13.1 Å². The first kappa shape index (κ1) is 14.1. The summed E-state index contributed by atoms with van der Waals surface area (Å²) in [7, 11) is 0. The molecule has 0 radical (unpaired) electrons. The molecule has 1 aromatic rings. The molecule has 0 saturated carbocycles. The summed E-state index contributed by atoms with van der Waals surface area (Å²) in [5.74, 6) is 0. The fourth-order valence-electron chi connectivity index (χ4n) is 1.87. The van der Waals surface area contributed by atoms with Crippen LogP contribution in [-0.2, 0) is 13.1 Å². The van der Waals surface area contributed by atoms with Gasteiger partial charge in [0.25, 0.3) is 0 Å². The Kier molecular flexibility index (Phi) is 5.05. The Hall–Kier alpha value is -0.970. The molecule has 17 heavy (non-hydrogen) atoms. The first-order valence-corrected chi connectivity index (χ1v) is 6.04. The van der Waals surface area contributed by atoms with Crippen LogP contribution in [0.4, 0.5) is 0 Å². The van der Waals surface area contributed by atoms with Crippen LogP contribution >= 0.6 is 0 Å². The number of aromatic nitrogens is 1. The van der Waals surface area contributed by atoms with E-state index in [-0.39, 0.29) is 0 Å². The minimum atomic E-state index is -0.679. The zero-order valence-corrected chi connectivity index (χ0v) is 11.0. The highest BCUT2D eigenvalue weighted by Gasteiger charge is 2.18. The van der Waals surface area contributed by atoms with Crippen LogP contribution in [0.15, 0.2) is 18.3 Å². The highest BCUT2D eigenvalue weighted by Crippen LogP contribution is 2.12. The number of hydrogen-bond acceptors (Lipinski definition) is 4. The molecule has 0 aliphatic rings. The molecule has 0 spiro atoms. The SMILES string of the molecule is CCN(Cc1cccnc1CN)CC(C)(C)O. The molecule has 96 valence electrons. The van der Waals surface area contributed by atoms with Gasteiger partial charge in [-0.2, -0.15) is 0 Å². The molecular formula is C13H23N3O. The second-order valence-corrected chi connectivity index (χ2v) is 4.93. The normalized spacial score (nSPS) is 12.1. The number of likely N-dealkylation sites (N-methyl/N-ethyl adjacent to an activating group) is 1. The van der Waals surface area contributed by atoms with Crippen molar-refractivity contribution < 1.29 is 5.11 Å². The van der Waals surface area contributed by atoms with Gasteiger partial charge in [0.2, 0.25) is 0 Å². The van der Waals surface area contributed by atoms with Crippen LogP contribution < -0.4 is 5.73 Å². The van der Waals surface area contributed by atoms with Gasteiger partial charge in [0, 0.05) is 25.8 Å². The van der Waals surface area contributed by atoms with Crippen LogP contribution in [0, 0.1) is 0 Å². The summed E-state index contributed by atoms with van der Waals surface area (Å²) in [5, 5.41) is 9.84. The fourth-order valence-corrected chi connectivity index (χ4v) is 1.87. The van der Waals surface area contributed by atoms with Gasteiger partial charge in [-0.3, -0.25) is 9.88 Å². The molecule has 1 rings (SSSR count). The number of rotatable bonds is 6. The third-order valence-electron chi connectivity index (χ3n) is 2.63.